The van der Waals surface area contributed by atoms with Gasteiger partial charge in [-0.2, -0.15) is 5.26 Å². The van der Waals surface area contributed by atoms with Crippen LogP contribution in [-0.2, 0) is 6.54 Å². The normalized spacial score (nSPS) is 9.95. The summed E-state index contributed by atoms with van der Waals surface area (Å²) in [5, 5.41) is 11.3. The van der Waals surface area contributed by atoms with E-state index in [1.54, 1.807) is 6.07 Å². The van der Waals surface area contributed by atoms with E-state index in [1.807, 2.05) is 19.1 Å². The Labute approximate surface area is 114 Å². The van der Waals surface area contributed by atoms with Gasteiger partial charge in [-0.1, -0.05) is 6.07 Å². The Morgan fingerprint density at radius 2 is 2.21 bits per heavy atom. The topological polar surface area (TPSA) is 52.9 Å². The SMILES string of the molecule is Cc1ccc(C(=O)NCc2ccc(C#N)cc2F)s1. The number of aryl methyl sites for hydroxylation is 1. The summed E-state index contributed by atoms with van der Waals surface area (Å²) in [5.74, 6) is -0.705. The van der Waals surface area contributed by atoms with E-state index < -0.39 is 5.82 Å². The van der Waals surface area contributed by atoms with Gasteiger partial charge < -0.3 is 5.32 Å². The highest BCUT2D eigenvalue weighted by molar-refractivity contribution is 7.13. The maximum Gasteiger partial charge on any atom is 0.261 e. The van der Waals surface area contributed by atoms with Crippen LogP contribution in [0.5, 0.6) is 0 Å². The van der Waals surface area contributed by atoms with Gasteiger partial charge in [0.05, 0.1) is 16.5 Å². The third-order valence-corrected chi connectivity index (χ3v) is 3.59. The number of thiophene rings is 1. The summed E-state index contributed by atoms with van der Waals surface area (Å²) < 4.78 is 13.6. The van der Waals surface area contributed by atoms with Crippen molar-refractivity contribution in [3.8, 4) is 6.07 Å². The number of hydrogen-bond donors (Lipinski definition) is 1. The summed E-state index contributed by atoms with van der Waals surface area (Å²) in [6.07, 6.45) is 0. The molecule has 0 atom stereocenters. The quantitative estimate of drug-likeness (QED) is 0.935. The minimum atomic E-state index is -0.485. The van der Waals surface area contributed by atoms with Crippen molar-refractivity contribution in [3.05, 3.63) is 57.0 Å². The Morgan fingerprint density at radius 3 is 2.79 bits per heavy atom. The Bertz CT molecular complexity index is 658. The van der Waals surface area contributed by atoms with Gasteiger partial charge in [0.1, 0.15) is 5.82 Å². The monoisotopic (exact) mass is 274 g/mol. The van der Waals surface area contributed by atoms with E-state index in [4.69, 9.17) is 5.26 Å². The Morgan fingerprint density at radius 1 is 1.42 bits per heavy atom. The summed E-state index contributed by atoms with van der Waals surface area (Å²) in [6, 6.07) is 9.67. The predicted octanol–water partition coefficient (Wildman–Crippen LogP) is 3.00. The molecule has 0 radical (unpaired) electrons. The first-order valence-electron chi connectivity index (χ1n) is 5.63. The fourth-order valence-electron chi connectivity index (χ4n) is 1.58. The van der Waals surface area contributed by atoms with Crippen LogP contribution in [0, 0.1) is 24.1 Å². The second-order valence-corrected chi connectivity index (χ2v) is 5.30. The molecule has 0 fully saturated rings. The Hall–Kier alpha value is -2.19. The standard InChI is InChI=1S/C14H11FN2OS/c1-9-2-5-13(19-9)14(18)17-8-11-4-3-10(7-16)6-12(11)15/h2-6H,8H2,1H3,(H,17,18). The molecule has 2 rings (SSSR count). The molecule has 0 saturated carbocycles. The number of carbonyl (C=O) groups excluding carboxylic acids is 1. The van der Waals surface area contributed by atoms with Gasteiger partial charge in [-0.3, -0.25) is 4.79 Å². The van der Waals surface area contributed by atoms with Crippen molar-refractivity contribution in [2.24, 2.45) is 0 Å². The zero-order chi connectivity index (χ0) is 13.8. The molecule has 0 saturated heterocycles. The lowest BCUT2D eigenvalue weighted by atomic mass is 10.1. The molecule has 0 unspecified atom stereocenters. The number of hydrogen-bond acceptors (Lipinski definition) is 3. The maximum absolute atomic E-state index is 13.6. The van der Waals surface area contributed by atoms with Crippen molar-refractivity contribution in [2.75, 3.05) is 0 Å². The lowest BCUT2D eigenvalue weighted by Gasteiger charge is -2.05. The summed E-state index contributed by atoms with van der Waals surface area (Å²) in [5.41, 5.74) is 0.627. The summed E-state index contributed by atoms with van der Waals surface area (Å²) in [7, 11) is 0. The molecular weight excluding hydrogens is 263 g/mol. The van der Waals surface area contributed by atoms with Crippen molar-refractivity contribution in [2.45, 2.75) is 13.5 Å². The molecule has 1 heterocycles. The van der Waals surface area contributed by atoms with Crippen LogP contribution in [0.1, 0.15) is 25.7 Å². The van der Waals surface area contributed by atoms with E-state index in [2.05, 4.69) is 5.32 Å². The third kappa shape index (κ3) is 3.18. The lowest BCUT2D eigenvalue weighted by molar-refractivity contribution is 0.0954. The highest BCUT2D eigenvalue weighted by Gasteiger charge is 2.09. The molecule has 5 heteroatoms. The molecule has 19 heavy (non-hydrogen) atoms. The third-order valence-electron chi connectivity index (χ3n) is 2.59. The van der Waals surface area contributed by atoms with Gasteiger partial charge >= 0.3 is 0 Å². The highest BCUT2D eigenvalue weighted by Crippen LogP contribution is 2.15. The van der Waals surface area contributed by atoms with Crippen LogP contribution in [0.2, 0.25) is 0 Å². The van der Waals surface area contributed by atoms with Crippen molar-refractivity contribution in [1.82, 2.24) is 5.32 Å². The first-order valence-corrected chi connectivity index (χ1v) is 6.45. The molecule has 0 aliphatic heterocycles. The molecule has 1 N–H and O–H groups in total. The molecule has 1 aromatic carbocycles. The molecule has 96 valence electrons. The van der Waals surface area contributed by atoms with Crippen LogP contribution >= 0.6 is 11.3 Å². The number of benzene rings is 1. The van der Waals surface area contributed by atoms with Gasteiger partial charge in [0.25, 0.3) is 5.91 Å². The van der Waals surface area contributed by atoms with Crippen molar-refractivity contribution in [3.63, 3.8) is 0 Å². The second-order valence-electron chi connectivity index (χ2n) is 4.01. The average molecular weight is 274 g/mol. The number of amides is 1. The zero-order valence-electron chi connectivity index (χ0n) is 10.2. The van der Waals surface area contributed by atoms with Gasteiger partial charge in [-0.05, 0) is 31.2 Å². The van der Waals surface area contributed by atoms with E-state index in [0.717, 1.165) is 10.9 Å². The van der Waals surface area contributed by atoms with Crippen molar-refractivity contribution >= 4 is 17.2 Å². The largest absolute Gasteiger partial charge is 0.347 e. The molecule has 0 spiro atoms. The summed E-state index contributed by atoms with van der Waals surface area (Å²) >= 11 is 1.39. The van der Waals surface area contributed by atoms with Crippen LogP contribution in [0.4, 0.5) is 4.39 Å². The number of nitriles is 1. The molecule has 1 aromatic heterocycles. The van der Waals surface area contributed by atoms with Crippen LogP contribution in [0.25, 0.3) is 0 Å². The summed E-state index contributed by atoms with van der Waals surface area (Å²) in [6.45, 7) is 2.02. The molecule has 2 aromatic rings. The second kappa shape index (κ2) is 5.63. The zero-order valence-corrected chi connectivity index (χ0v) is 11.1. The van der Waals surface area contributed by atoms with Gasteiger partial charge in [0, 0.05) is 17.0 Å². The number of rotatable bonds is 3. The minimum absolute atomic E-state index is 0.104. The average Bonchev–Trinajstić information content (AvgIpc) is 2.83. The molecule has 0 aliphatic carbocycles. The van der Waals surface area contributed by atoms with Crippen LogP contribution in [0.3, 0.4) is 0 Å². The first kappa shape index (κ1) is 13.2. The van der Waals surface area contributed by atoms with E-state index in [1.165, 1.54) is 23.5 Å². The van der Waals surface area contributed by atoms with E-state index in [-0.39, 0.29) is 18.0 Å². The van der Waals surface area contributed by atoms with Crippen molar-refractivity contribution in [1.29, 1.82) is 5.26 Å². The van der Waals surface area contributed by atoms with Gasteiger partial charge in [0.15, 0.2) is 0 Å². The number of nitrogens with one attached hydrogen (secondary N) is 1. The highest BCUT2D eigenvalue weighted by atomic mass is 32.1. The van der Waals surface area contributed by atoms with Gasteiger partial charge in [-0.25, -0.2) is 4.39 Å². The Balaban J connectivity index is 2.03. The molecule has 0 aliphatic rings. The van der Waals surface area contributed by atoms with Gasteiger partial charge in [-0.15, -0.1) is 11.3 Å². The minimum Gasteiger partial charge on any atom is -0.347 e. The number of nitrogens with zero attached hydrogens (tertiary/aromatic N) is 1. The first-order chi connectivity index (χ1) is 9.10. The van der Waals surface area contributed by atoms with Crippen molar-refractivity contribution < 1.29 is 9.18 Å². The predicted molar refractivity (Wildman–Crippen MR) is 71.3 cm³/mol. The molecular formula is C14H11FN2OS. The summed E-state index contributed by atoms with van der Waals surface area (Å²) in [4.78, 5) is 13.4. The fourth-order valence-corrected chi connectivity index (χ4v) is 2.36. The van der Waals surface area contributed by atoms with Gasteiger partial charge in [0.2, 0.25) is 0 Å². The molecule has 0 bridgehead atoms. The Kier molecular flexibility index (Phi) is 3.93. The van der Waals surface area contributed by atoms with Crippen LogP contribution in [-0.4, -0.2) is 5.91 Å². The van der Waals surface area contributed by atoms with Crippen LogP contribution < -0.4 is 5.32 Å². The van der Waals surface area contributed by atoms with E-state index >= 15 is 0 Å². The molecule has 3 nitrogen and oxygen atoms in total. The smallest absolute Gasteiger partial charge is 0.261 e. The fraction of sp³-hybridized carbons (Fsp3) is 0.143. The van der Waals surface area contributed by atoms with E-state index in [9.17, 15) is 9.18 Å². The molecule has 1 amide bonds. The number of carbonyl (C=O) groups is 1. The van der Waals surface area contributed by atoms with Crippen LogP contribution in [0.15, 0.2) is 30.3 Å². The maximum atomic E-state index is 13.6. The lowest BCUT2D eigenvalue weighted by Crippen LogP contribution is -2.22. The van der Waals surface area contributed by atoms with E-state index in [0.29, 0.717) is 10.4 Å². The number of halogens is 1.